The minimum atomic E-state index is -4.56. The number of carboxylic acid groups (broad SMARTS) is 2. The van der Waals surface area contributed by atoms with E-state index >= 15 is 0 Å². The second-order valence-corrected chi connectivity index (χ2v) is 4.21. The fourth-order valence-electron chi connectivity index (χ4n) is 1.05. The van der Waals surface area contributed by atoms with Crippen LogP contribution in [0.4, 0.5) is 0 Å². The molecule has 0 amide bonds. The van der Waals surface area contributed by atoms with E-state index in [2.05, 4.69) is 0 Å². The summed E-state index contributed by atoms with van der Waals surface area (Å²) in [5, 5.41) is 17.3. The lowest BCUT2D eigenvalue weighted by Crippen LogP contribution is -2.10. The van der Waals surface area contributed by atoms with E-state index < -0.39 is 38.1 Å². The van der Waals surface area contributed by atoms with E-state index in [1.165, 1.54) is 0 Å². The minimum absolute atomic E-state index is 0. The van der Waals surface area contributed by atoms with Crippen molar-refractivity contribution in [2.24, 2.45) is 0 Å². The molecule has 1 aromatic carbocycles. The standard InChI is InChI=1S/C8H6O7S.3ClH/c9-7(10)5-2-1-4(16(13,14)15)3-6(5)8(11)12;;;/h1-3H,(H,9,10)(H,11,12)(H,13,14,15);3*1H. The third-order valence-corrected chi connectivity index (χ3v) is 2.60. The van der Waals surface area contributed by atoms with Gasteiger partial charge in [0.2, 0.25) is 0 Å². The predicted molar refractivity (Wildman–Crippen MR) is 71.9 cm³/mol. The van der Waals surface area contributed by atoms with E-state index in [0.717, 1.165) is 12.1 Å². The maximum absolute atomic E-state index is 10.7. The number of aromatic carboxylic acids is 2. The number of hydrogen-bond donors (Lipinski definition) is 3. The second kappa shape index (κ2) is 8.18. The molecule has 110 valence electrons. The number of rotatable bonds is 3. The van der Waals surface area contributed by atoms with Crippen molar-refractivity contribution >= 4 is 59.3 Å². The summed E-state index contributed by atoms with van der Waals surface area (Å²) in [5.74, 6) is -3.10. The van der Waals surface area contributed by atoms with E-state index in [1.54, 1.807) is 0 Å². The molecule has 3 N–H and O–H groups in total. The van der Waals surface area contributed by atoms with Crippen molar-refractivity contribution in [1.82, 2.24) is 0 Å². The van der Waals surface area contributed by atoms with Crippen molar-refractivity contribution < 1.29 is 32.8 Å². The van der Waals surface area contributed by atoms with E-state index in [9.17, 15) is 18.0 Å². The molecule has 0 heterocycles. The Bertz CT molecular complexity index is 570. The van der Waals surface area contributed by atoms with Gasteiger partial charge in [-0.3, -0.25) is 4.55 Å². The first kappa shape index (κ1) is 23.1. The Hall–Kier alpha value is -1.06. The molecule has 0 saturated heterocycles. The van der Waals surface area contributed by atoms with Crippen molar-refractivity contribution in [3.8, 4) is 0 Å². The van der Waals surface area contributed by atoms with Gasteiger partial charge < -0.3 is 10.2 Å². The second-order valence-electron chi connectivity index (χ2n) is 2.79. The third-order valence-electron chi connectivity index (χ3n) is 1.75. The van der Waals surface area contributed by atoms with Crippen LogP contribution in [0.3, 0.4) is 0 Å². The summed E-state index contributed by atoms with van der Waals surface area (Å²) in [4.78, 5) is 20.6. The number of halogens is 3. The number of carbonyl (C=O) groups is 2. The van der Waals surface area contributed by atoms with Crippen molar-refractivity contribution in [3.05, 3.63) is 29.3 Å². The minimum Gasteiger partial charge on any atom is -0.478 e. The van der Waals surface area contributed by atoms with Crippen molar-refractivity contribution in [2.75, 3.05) is 0 Å². The molecule has 1 rings (SSSR count). The van der Waals surface area contributed by atoms with Gasteiger partial charge >= 0.3 is 11.9 Å². The zero-order valence-corrected chi connectivity index (χ0v) is 12.1. The molecular formula is C8H9Cl3O7S. The zero-order valence-electron chi connectivity index (χ0n) is 8.84. The first-order chi connectivity index (χ1) is 7.23. The van der Waals surface area contributed by atoms with Crippen LogP contribution in [0.15, 0.2) is 23.1 Å². The lowest BCUT2D eigenvalue weighted by atomic mass is 10.1. The molecule has 11 heteroatoms. The lowest BCUT2D eigenvalue weighted by Gasteiger charge is -2.03. The van der Waals surface area contributed by atoms with E-state index in [-0.39, 0.29) is 37.2 Å². The van der Waals surface area contributed by atoms with Gasteiger partial charge in [0.15, 0.2) is 0 Å². The highest BCUT2D eigenvalue weighted by atomic mass is 35.5. The Balaban J connectivity index is -0.000000853. The van der Waals surface area contributed by atoms with Gasteiger partial charge in [-0.25, -0.2) is 9.59 Å². The summed E-state index contributed by atoms with van der Waals surface area (Å²) in [6.45, 7) is 0. The predicted octanol–water partition coefficient (Wildman–Crippen LogP) is 1.60. The third kappa shape index (κ3) is 5.62. The number of hydrogen-bond acceptors (Lipinski definition) is 4. The van der Waals surface area contributed by atoms with Gasteiger partial charge in [-0.1, -0.05) is 0 Å². The quantitative estimate of drug-likeness (QED) is 0.702. The van der Waals surface area contributed by atoms with Gasteiger partial charge in [0, 0.05) is 0 Å². The number of benzene rings is 1. The average Bonchev–Trinajstić information content (AvgIpc) is 2.15. The first-order valence-corrected chi connectivity index (χ1v) is 5.25. The van der Waals surface area contributed by atoms with E-state index in [4.69, 9.17) is 14.8 Å². The molecule has 0 unspecified atom stereocenters. The van der Waals surface area contributed by atoms with Gasteiger partial charge in [0.25, 0.3) is 10.1 Å². The Labute approximate surface area is 126 Å². The number of carboxylic acids is 2. The monoisotopic (exact) mass is 354 g/mol. The summed E-state index contributed by atoms with van der Waals surface area (Å²) in [6, 6.07) is 2.20. The van der Waals surface area contributed by atoms with Crippen LogP contribution in [0.2, 0.25) is 0 Å². The van der Waals surface area contributed by atoms with Crippen LogP contribution < -0.4 is 0 Å². The molecule has 0 aromatic heterocycles. The lowest BCUT2D eigenvalue weighted by molar-refractivity contribution is 0.0651. The van der Waals surface area contributed by atoms with Gasteiger partial charge in [-0.2, -0.15) is 8.42 Å². The molecule has 0 aliphatic carbocycles. The summed E-state index contributed by atoms with van der Waals surface area (Å²) in [7, 11) is -4.56. The van der Waals surface area contributed by atoms with Crippen LogP contribution in [-0.2, 0) is 10.1 Å². The molecule has 0 aliphatic heterocycles. The molecule has 0 bridgehead atoms. The van der Waals surface area contributed by atoms with Crippen LogP contribution >= 0.6 is 37.2 Å². The van der Waals surface area contributed by atoms with Crippen molar-refractivity contribution in [2.45, 2.75) is 4.90 Å². The Morgan fingerprint density at radius 1 is 0.895 bits per heavy atom. The normalized spacial score (nSPS) is 9.32. The van der Waals surface area contributed by atoms with Crippen LogP contribution in [-0.4, -0.2) is 35.1 Å². The highest BCUT2D eigenvalue weighted by Gasteiger charge is 2.20. The SMILES string of the molecule is Cl.Cl.Cl.O=C(O)c1ccc(S(=O)(=O)O)cc1C(=O)O. The van der Waals surface area contributed by atoms with Crippen LogP contribution in [0.1, 0.15) is 20.7 Å². The maximum atomic E-state index is 10.7. The van der Waals surface area contributed by atoms with E-state index in [0.29, 0.717) is 6.07 Å². The van der Waals surface area contributed by atoms with Crippen LogP contribution in [0, 0.1) is 0 Å². The fourth-order valence-corrected chi connectivity index (χ4v) is 1.55. The molecule has 0 fully saturated rings. The molecule has 0 radical (unpaired) electrons. The van der Waals surface area contributed by atoms with Gasteiger partial charge in [0.05, 0.1) is 16.0 Å². The smallest absolute Gasteiger partial charge is 0.336 e. The van der Waals surface area contributed by atoms with Crippen LogP contribution in [0.5, 0.6) is 0 Å². The van der Waals surface area contributed by atoms with Crippen molar-refractivity contribution in [1.29, 1.82) is 0 Å². The van der Waals surface area contributed by atoms with E-state index in [1.807, 2.05) is 0 Å². The molecular weight excluding hydrogens is 347 g/mol. The topological polar surface area (TPSA) is 129 Å². The summed E-state index contributed by atoms with van der Waals surface area (Å²) in [6.07, 6.45) is 0. The van der Waals surface area contributed by atoms with Gasteiger partial charge in [0.1, 0.15) is 0 Å². The largest absolute Gasteiger partial charge is 0.478 e. The summed E-state index contributed by atoms with van der Waals surface area (Å²) in [5.41, 5.74) is -1.26. The van der Waals surface area contributed by atoms with Crippen LogP contribution in [0.25, 0.3) is 0 Å². The maximum Gasteiger partial charge on any atom is 0.336 e. The first-order valence-electron chi connectivity index (χ1n) is 3.81. The molecule has 0 spiro atoms. The Morgan fingerprint density at radius 2 is 1.32 bits per heavy atom. The van der Waals surface area contributed by atoms with Gasteiger partial charge in [-0.05, 0) is 18.2 Å². The molecule has 0 atom stereocenters. The summed E-state index contributed by atoms with van der Waals surface area (Å²) >= 11 is 0. The fraction of sp³-hybridized carbons (Fsp3) is 0. The zero-order chi connectivity index (χ0) is 12.5. The highest BCUT2D eigenvalue weighted by molar-refractivity contribution is 7.85. The Morgan fingerprint density at radius 3 is 1.63 bits per heavy atom. The highest BCUT2D eigenvalue weighted by Crippen LogP contribution is 2.16. The Kier molecular flexibility index (Phi) is 9.93. The molecule has 0 saturated carbocycles. The molecule has 19 heavy (non-hydrogen) atoms. The van der Waals surface area contributed by atoms with Crippen molar-refractivity contribution in [3.63, 3.8) is 0 Å². The molecule has 1 aromatic rings. The molecule has 0 aliphatic rings. The van der Waals surface area contributed by atoms with Gasteiger partial charge in [-0.15, -0.1) is 37.2 Å². The summed E-state index contributed by atoms with van der Waals surface area (Å²) < 4.78 is 30.1. The average molecular weight is 356 g/mol. The molecule has 7 nitrogen and oxygen atoms in total.